The molecule has 1 rings (SSSR count). The second kappa shape index (κ2) is 6.19. The lowest BCUT2D eigenvalue weighted by molar-refractivity contribution is 0.0966. The highest BCUT2D eigenvalue weighted by Crippen LogP contribution is 2.10. The Balaban J connectivity index is 2.74. The van der Waals surface area contributed by atoms with Gasteiger partial charge in [0.15, 0.2) is 5.88 Å². The fourth-order valence-electron chi connectivity index (χ4n) is 1.18. The first-order valence-electron chi connectivity index (χ1n) is 5.17. The van der Waals surface area contributed by atoms with E-state index in [2.05, 4.69) is 5.32 Å². The SMILES string of the molecule is CO/C(N)=C/C=C(\N)NC(=O)c1ccccc1N. The van der Waals surface area contributed by atoms with Crippen molar-refractivity contribution >= 4 is 11.6 Å². The number of rotatable bonds is 4. The van der Waals surface area contributed by atoms with Crippen LogP contribution in [0.4, 0.5) is 5.69 Å². The summed E-state index contributed by atoms with van der Waals surface area (Å²) in [6.07, 6.45) is 2.86. The molecule has 0 aliphatic rings. The zero-order chi connectivity index (χ0) is 13.5. The molecule has 96 valence electrons. The summed E-state index contributed by atoms with van der Waals surface area (Å²) in [5.74, 6) is -0.0547. The number of amides is 1. The van der Waals surface area contributed by atoms with Crippen LogP contribution in [0.3, 0.4) is 0 Å². The van der Waals surface area contributed by atoms with Gasteiger partial charge in [0.1, 0.15) is 5.82 Å². The molecule has 0 aromatic heterocycles. The van der Waals surface area contributed by atoms with Gasteiger partial charge in [0.05, 0.1) is 12.7 Å². The van der Waals surface area contributed by atoms with E-state index in [-0.39, 0.29) is 17.6 Å². The van der Waals surface area contributed by atoms with Crippen LogP contribution in [0.1, 0.15) is 10.4 Å². The minimum Gasteiger partial charge on any atom is -0.483 e. The normalized spacial score (nSPS) is 12.1. The van der Waals surface area contributed by atoms with Gasteiger partial charge in [-0.25, -0.2) is 0 Å². The van der Waals surface area contributed by atoms with E-state index in [9.17, 15) is 4.79 Å². The van der Waals surface area contributed by atoms with Gasteiger partial charge in [0, 0.05) is 11.8 Å². The summed E-state index contributed by atoms with van der Waals surface area (Å²) in [6, 6.07) is 6.70. The molecule has 1 aromatic rings. The summed E-state index contributed by atoms with van der Waals surface area (Å²) in [6.45, 7) is 0. The number of ether oxygens (including phenoxy) is 1. The van der Waals surface area contributed by atoms with E-state index in [1.807, 2.05) is 0 Å². The Morgan fingerprint density at radius 1 is 1.28 bits per heavy atom. The minimum absolute atomic E-state index is 0.142. The van der Waals surface area contributed by atoms with Crippen molar-refractivity contribution in [3.05, 3.63) is 53.7 Å². The molecule has 0 atom stereocenters. The summed E-state index contributed by atoms with van der Waals surface area (Å²) < 4.78 is 4.72. The molecule has 0 spiro atoms. The summed E-state index contributed by atoms with van der Waals surface area (Å²) in [5.41, 5.74) is 17.4. The van der Waals surface area contributed by atoms with Crippen LogP contribution in [0.2, 0.25) is 0 Å². The molecule has 6 heteroatoms. The first-order valence-corrected chi connectivity index (χ1v) is 5.17. The number of carbonyl (C=O) groups is 1. The van der Waals surface area contributed by atoms with Crippen molar-refractivity contribution in [2.75, 3.05) is 12.8 Å². The molecule has 0 aliphatic heterocycles. The molecule has 0 aliphatic carbocycles. The zero-order valence-corrected chi connectivity index (χ0v) is 10.0. The topological polar surface area (TPSA) is 116 Å². The largest absolute Gasteiger partial charge is 0.483 e. The van der Waals surface area contributed by atoms with Crippen molar-refractivity contribution in [3.8, 4) is 0 Å². The van der Waals surface area contributed by atoms with Crippen molar-refractivity contribution in [3.63, 3.8) is 0 Å². The van der Waals surface area contributed by atoms with E-state index >= 15 is 0 Å². The maximum absolute atomic E-state index is 11.8. The number of hydrogen-bond acceptors (Lipinski definition) is 5. The molecule has 18 heavy (non-hydrogen) atoms. The standard InChI is InChI=1S/C12H16N4O2/c1-18-11(15)7-6-10(14)16-12(17)8-4-2-3-5-9(8)13/h2-7H,13-15H2,1H3,(H,16,17)/b10-6+,11-7+. The number of para-hydroxylation sites is 1. The highest BCUT2D eigenvalue weighted by atomic mass is 16.5. The lowest BCUT2D eigenvalue weighted by Crippen LogP contribution is -2.28. The minimum atomic E-state index is -0.383. The number of nitrogens with two attached hydrogens (primary N) is 3. The van der Waals surface area contributed by atoms with Gasteiger partial charge < -0.3 is 27.3 Å². The number of benzene rings is 1. The Kier molecular flexibility index (Phi) is 4.62. The first kappa shape index (κ1) is 13.4. The van der Waals surface area contributed by atoms with Gasteiger partial charge in [-0.05, 0) is 18.2 Å². The van der Waals surface area contributed by atoms with Crippen molar-refractivity contribution < 1.29 is 9.53 Å². The number of methoxy groups -OCH3 is 1. The van der Waals surface area contributed by atoms with E-state index in [0.717, 1.165) is 0 Å². The maximum Gasteiger partial charge on any atom is 0.258 e. The van der Waals surface area contributed by atoms with Crippen LogP contribution in [-0.4, -0.2) is 13.0 Å². The Hall–Kier alpha value is -2.63. The van der Waals surface area contributed by atoms with Gasteiger partial charge in [-0.1, -0.05) is 12.1 Å². The predicted octanol–water partition coefficient (Wildman–Crippen LogP) is 0.245. The molecule has 0 bridgehead atoms. The number of anilines is 1. The molecule has 1 amide bonds. The number of allylic oxidation sites excluding steroid dienone is 2. The van der Waals surface area contributed by atoms with Crippen molar-refractivity contribution in [2.45, 2.75) is 0 Å². The molecule has 0 radical (unpaired) electrons. The Labute approximate surface area is 105 Å². The van der Waals surface area contributed by atoms with Crippen molar-refractivity contribution in [1.29, 1.82) is 0 Å². The lowest BCUT2D eigenvalue weighted by atomic mass is 10.1. The number of nitrogen functional groups attached to an aromatic ring is 1. The van der Waals surface area contributed by atoms with Gasteiger partial charge in [-0.3, -0.25) is 4.79 Å². The number of carbonyl (C=O) groups excluding carboxylic acids is 1. The van der Waals surface area contributed by atoms with Gasteiger partial charge in [0.2, 0.25) is 0 Å². The van der Waals surface area contributed by atoms with Crippen molar-refractivity contribution in [2.24, 2.45) is 11.5 Å². The third kappa shape index (κ3) is 3.75. The summed E-state index contributed by atoms with van der Waals surface area (Å²) in [4.78, 5) is 11.8. The van der Waals surface area contributed by atoms with E-state index in [4.69, 9.17) is 21.9 Å². The average molecular weight is 248 g/mol. The molecule has 0 saturated heterocycles. The Morgan fingerprint density at radius 3 is 2.56 bits per heavy atom. The average Bonchev–Trinajstić information content (AvgIpc) is 2.36. The van der Waals surface area contributed by atoms with Crippen LogP contribution < -0.4 is 22.5 Å². The molecule has 1 aromatic carbocycles. The van der Waals surface area contributed by atoms with Gasteiger partial charge in [-0.2, -0.15) is 0 Å². The molecule has 0 heterocycles. The molecular weight excluding hydrogens is 232 g/mol. The fourth-order valence-corrected chi connectivity index (χ4v) is 1.18. The quantitative estimate of drug-likeness (QED) is 0.346. The van der Waals surface area contributed by atoms with Crippen LogP contribution in [0.25, 0.3) is 0 Å². The molecule has 6 nitrogen and oxygen atoms in total. The van der Waals surface area contributed by atoms with Crippen molar-refractivity contribution in [1.82, 2.24) is 5.32 Å². The molecular formula is C12H16N4O2. The molecule has 7 N–H and O–H groups in total. The third-order valence-electron chi connectivity index (χ3n) is 2.13. The Morgan fingerprint density at radius 2 is 1.94 bits per heavy atom. The zero-order valence-electron chi connectivity index (χ0n) is 10.0. The smallest absolute Gasteiger partial charge is 0.258 e. The fraction of sp³-hybridized carbons (Fsp3) is 0.0833. The van der Waals surface area contributed by atoms with Crippen LogP contribution >= 0.6 is 0 Å². The highest BCUT2D eigenvalue weighted by molar-refractivity contribution is 5.99. The second-order valence-corrected chi connectivity index (χ2v) is 3.44. The molecule has 0 saturated carbocycles. The molecule has 0 fully saturated rings. The Bertz CT molecular complexity index is 495. The predicted molar refractivity (Wildman–Crippen MR) is 69.9 cm³/mol. The monoisotopic (exact) mass is 248 g/mol. The van der Waals surface area contributed by atoms with Gasteiger partial charge >= 0.3 is 0 Å². The van der Waals surface area contributed by atoms with Gasteiger partial charge in [0.25, 0.3) is 5.91 Å². The number of nitrogens with one attached hydrogen (secondary N) is 1. The van der Waals surface area contributed by atoms with E-state index in [1.165, 1.54) is 19.3 Å². The first-order chi connectivity index (χ1) is 8.54. The highest BCUT2D eigenvalue weighted by Gasteiger charge is 2.08. The van der Waals surface area contributed by atoms with E-state index in [0.29, 0.717) is 11.3 Å². The van der Waals surface area contributed by atoms with Crippen LogP contribution in [0.5, 0.6) is 0 Å². The van der Waals surface area contributed by atoms with Gasteiger partial charge in [-0.15, -0.1) is 0 Å². The summed E-state index contributed by atoms with van der Waals surface area (Å²) >= 11 is 0. The molecule has 0 unspecified atom stereocenters. The van der Waals surface area contributed by atoms with E-state index < -0.39 is 0 Å². The van der Waals surface area contributed by atoms with E-state index in [1.54, 1.807) is 24.3 Å². The lowest BCUT2D eigenvalue weighted by Gasteiger charge is -2.06. The third-order valence-corrected chi connectivity index (χ3v) is 2.13. The summed E-state index contributed by atoms with van der Waals surface area (Å²) in [7, 11) is 1.43. The maximum atomic E-state index is 11.8. The van der Waals surface area contributed by atoms with Crippen LogP contribution in [0.15, 0.2) is 48.1 Å². The van der Waals surface area contributed by atoms with Crippen LogP contribution in [0, 0.1) is 0 Å². The van der Waals surface area contributed by atoms with Crippen LogP contribution in [-0.2, 0) is 4.74 Å². The number of hydrogen-bond donors (Lipinski definition) is 4. The second-order valence-electron chi connectivity index (χ2n) is 3.44. The summed E-state index contributed by atoms with van der Waals surface area (Å²) in [5, 5.41) is 2.48.